The molecular formula is C10H15N3O4. The highest BCUT2D eigenvalue weighted by Gasteiger charge is 2.15. The molecule has 94 valence electrons. The predicted octanol–water partition coefficient (Wildman–Crippen LogP) is 1.45. The fourth-order valence-corrected chi connectivity index (χ4v) is 1.25. The zero-order chi connectivity index (χ0) is 12.7. The van der Waals surface area contributed by atoms with Crippen molar-refractivity contribution in [3.05, 3.63) is 22.2 Å². The number of methoxy groups -OCH3 is 2. The molecule has 0 aliphatic heterocycles. The summed E-state index contributed by atoms with van der Waals surface area (Å²) in [6.45, 7) is 1.14. The summed E-state index contributed by atoms with van der Waals surface area (Å²) in [5.74, 6) is 0.551. The summed E-state index contributed by atoms with van der Waals surface area (Å²) < 4.78 is 9.80. The van der Waals surface area contributed by atoms with Gasteiger partial charge in [0.05, 0.1) is 12.0 Å². The van der Waals surface area contributed by atoms with Crippen molar-refractivity contribution < 1.29 is 14.4 Å². The van der Waals surface area contributed by atoms with Gasteiger partial charge in [-0.1, -0.05) is 0 Å². The summed E-state index contributed by atoms with van der Waals surface area (Å²) in [4.78, 5) is 14.3. The lowest BCUT2D eigenvalue weighted by Gasteiger charge is -2.07. The molecule has 0 radical (unpaired) electrons. The first-order valence-electron chi connectivity index (χ1n) is 5.11. The first-order valence-corrected chi connectivity index (χ1v) is 5.11. The molecule has 1 aromatic rings. The fraction of sp³-hybridized carbons (Fsp3) is 0.500. The van der Waals surface area contributed by atoms with Crippen molar-refractivity contribution >= 4 is 11.5 Å². The first kappa shape index (κ1) is 13.2. The molecular weight excluding hydrogens is 226 g/mol. The summed E-state index contributed by atoms with van der Waals surface area (Å²) in [5.41, 5.74) is -0.0665. The minimum Gasteiger partial charge on any atom is -0.481 e. The van der Waals surface area contributed by atoms with Crippen LogP contribution in [0.25, 0.3) is 0 Å². The Labute approximate surface area is 98.9 Å². The molecule has 7 nitrogen and oxygen atoms in total. The second kappa shape index (κ2) is 6.64. The van der Waals surface area contributed by atoms with Crippen molar-refractivity contribution in [2.24, 2.45) is 0 Å². The van der Waals surface area contributed by atoms with E-state index in [1.807, 2.05) is 0 Å². The van der Waals surface area contributed by atoms with E-state index in [1.165, 1.54) is 19.2 Å². The van der Waals surface area contributed by atoms with Gasteiger partial charge in [-0.15, -0.1) is 0 Å². The summed E-state index contributed by atoms with van der Waals surface area (Å²) in [6, 6.07) is 2.82. The molecule has 0 unspecified atom stereocenters. The smallest absolute Gasteiger partial charge is 0.311 e. The van der Waals surface area contributed by atoms with Crippen LogP contribution < -0.4 is 10.1 Å². The first-order chi connectivity index (χ1) is 8.19. The molecule has 1 aromatic heterocycles. The molecule has 0 saturated heterocycles. The summed E-state index contributed by atoms with van der Waals surface area (Å²) >= 11 is 0. The molecule has 0 spiro atoms. The van der Waals surface area contributed by atoms with Gasteiger partial charge in [0, 0.05) is 32.4 Å². The van der Waals surface area contributed by atoms with Gasteiger partial charge in [0.25, 0.3) is 0 Å². The van der Waals surface area contributed by atoms with Crippen molar-refractivity contribution in [1.29, 1.82) is 0 Å². The van der Waals surface area contributed by atoms with E-state index in [1.54, 1.807) is 7.11 Å². The zero-order valence-corrected chi connectivity index (χ0v) is 9.80. The maximum Gasteiger partial charge on any atom is 0.311 e. The Balaban J connectivity index is 2.75. The van der Waals surface area contributed by atoms with Crippen LogP contribution in [0.1, 0.15) is 6.42 Å². The molecule has 1 rings (SSSR count). The van der Waals surface area contributed by atoms with E-state index in [0.29, 0.717) is 19.0 Å². The average molecular weight is 241 g/mol. The Bertz CT molecular complexity index is 384. The van der Waals surface area contributed by atoms with Crippen LogP contribution in [0.15, 0.2) is 12.1 Å². The minimum absolute atomic E-state index is 0.0665. The topological polar surface area (TPSA) is 86.5 Å². The van der Waals surface area contributed by atoms with Crippen LogP contribution in [0, 0.1) is 10.1 Å². The molecule has 0 amide bonds. The number of ether oxygens (including phenoxy) is 2. The molecule has 17 heavy (non-hydrogen) atoms. The summed E-state index contributed by atoms with van der Waals surface area (Å²) in [6.07, 6.45) is 0.743. The van der Waals surface area contributed by atoms with Gasteiger partial charge < -0.3 is 14.8 Å². The highest BCUT2D eigenvalue weighted by molar-refractivity contribution is 5.56. The normalized spacial score (nSPS) is 10.0. The number of rotatable bonds is 7. The van der Waals surface area contributed by atoms with Crippen LogP contribution in [-0.2, 0) is 4.74 Å². The molecule has 0 atom stereocenters. The Kier molecular flexibility index (Phi) is 5.15. The lowest BCUT2D eigenvalue weighted by atomic mass is 10.3. The molecule has 0 aliphatic carbocycles. The van der Waals surface area contributed by atoms with Crippen LogP contribution in [0.4, 0.5) is 11.5 Å². The van der Waals surface area contributed by atoms with Gasteiger partial charge in [-0.25, -0.2) is 0 Å². The van der Waals surface area contributed by atoms with Gasteiger partial charge in [0.15, 0.2) is 0 Å². The second-order valence-corrected chi connectivity index (χ2v) is 3.25. The van der Waals surface area contributed by atoms with Gasteiger partial charge in [0.1, 0.15) is 0 Å². The maximum atomic E-state index is 10.8. The van der Waals surface area contributed by atoms with Crippen LogP contribution >= 0.6 is 0 Å². The second-order valence-electron chi connectivity index (χ2n) is 3.25. The van der Waals surface area contributed by atoms with Gasteiger partial charge >= 0.3 is 5.69 Å². The standard InChI is InChI=1S/C10H15N3O4/c1-16-7-3-6-11-10-8(13(14)15)4-5-9(12-10)17-2/h4-5H,3,6-7H2,1-2H3,(H,11,12). The number of aromatic nitrogens is 1. The van der Waals surface area contributed by atoms with Crippen LogP contribution in [0.3, 0.4) is 0 Å². The fourth-order valence-electron chi connectivity index (χ4n) is 1.25. The van der Waals surface area contributed by atoms with E-state index in [2.05, 4.69) is 10.3 Å². The van der Waals surface area contributed by atoms with Crippen molar-refractivity contribution in [1.82, 2.24) is 4.98 Å². The van der Waals surface area contributed by atoms with Gasteiger partial charge in [0.2, 0.25) is 11.7 Å². The van der Waals surface area contributed by atoms with Crippen LogP contribution in [0.2, 0.25) is 0 Å². The number of nitrogens with zero attached hydrogens (tertiary/aromatic N) is 2. The number of nitro groups is 1. The third-order valence-electron chi connectivity index (χ3n) is 2.07. The lowest BCUT2D eigenvalue weighted by molar-refractivity contribution is -0.384. The van der Waals surface area contributed by atoms with Gasteiger partial charge in [-0.05, 0) is 6.42 Å². The number of anilines is 1. The third kappa shape index (κ3) is 3.87. The maximum absolute atomic E-state index is 10.8. The van der Waals surface area contributed by atoms with E-state index >= 15 is 0 Å². The Morgan fingerprint density at radius 3 is 2.82 bits per heavy atom. The highest BCUT2D eigenvalue weighted by Crippen LogP contribution is 2.24. The highest BCUT2D eigenvalue weighted by atomic mass is 16.6. The minimum atomic E-state index is -0.481. The average Bonchev–Trinajstić information content (AvgIpc) is 2.34. The Hall–Kier alpha value is -1.89. The van der Waals surface area contributed by atoms with E-state index in [4.69, 9.17) is 9.47 Å². The number of hydrogen-bond donors (Lipinski definition) is 1. The Morgan fingerprint density at radius 2 is 2.24 bits per heavy atom. The van der Waals surface area contributed by atoms with E-state index in [9.17, 15) is 10.1 Å². The predicted molar refractivity (Wildman–Crippen MR) is 62.4 cm³/mol. The Morgan fingerprint density at radius 1 is 1.47 bits per heavy atom. The molecule has 0 bridgehead atoms. The third-order valence-corrected chi connectivity index (χ3v) is 2.07. The van der Waals surface area contributed by atoms with Crippen molar-refractivity contribution in [3.63, 3.8) is 0 Å². The summed E-state index contributed by atoms with van der Waals surface area (Å²) in [7, 11) is 3.06. The quantitative estimate of drug-likeness (QED) is 0.441. The number of pyridine rings is 1. The van der Waals surface area contributed by atoms with E-state index in [-0.39, 0.29) is 11.5 Å². The van der Waals surface area contributed by atoms with Crippen LogP contribution in [-0.4, -0.2) is 37.3 Å². The largest absolute Gasteiger partial charge is 0.481 e. The zero-order valence-electron chi connectivity index (χ0n) is 9.80. The van der Waals surface area contributed by atoms with E-state index < -0.39 is 4.92 Å². The van der Waals surface area contributed by atoms with E-state index in [0.717, 1.165) is 6.42 Å². The molecule has 0 aromatic carbocycles. The van der Waals surface area contributed by atoms with Crippen molar-refractivity contribution in [2.45, 2.75) is 6.42 Å². The molecule has 1 N–H and O–H groups in total. The molecule has 7 heteroatoms. The SMILES string of the molecule is COCCCNc1nc(OC)ccc1[N+](=O)[O-]. The van der Waals surface area contributed by atoms with Crippen molar-refractivity contribution in [2.75, 3.05) is 32.7 Å². The monoisotopic (exact) mass is 241 g/mol. The molecule has 1 heterocycles. The van der Waals surface area contributed by atoms with Crippen molar-refractivity contribution in [3.8, 4) is 5.88 Å². The van der Waals surface area contributed by atoms with Crippen LogP contribution in [0.5, 0.6) is 5.88 Å². The molecule has 0 aliphatic rings. The number of nitrogens with one attached hydrogen (secondary N) is 1. The van der Waals surface area contributed by atoms with Gasteiger partial charge in [-0.2, -0.15) is 4.98 Å². The lowest BCUT2D eigenvalue weighted by Crippen LogP contribution is -2.08. The van der Waals surface area contributed by atoms with Gasteiger partial charge in [-0.3, -0.25) is 10.1 Å². The number of hydrogen-bond acceptors (Lipinski definition) is 6. The summed E-state index contributed by atoms with van der Waals surface area (Å²) in [5, 5.41) is 13.7. The molecule has 0 saturated carbocycles. The molecule has 0 fully saturated rings.